The lowest BCUT2D eigenvalue weighted by Crippen LogP contribution is -2.58. The number of rotatable bonds is 0. The van der Waals surface area contributed by atoms with Gasteiger partial charge in [0.15, 0.2) is 0 Å². The number of hydrogen-bond acceptors (Lipinski definition) is 2. The average molecular weight is 210 g/mol. The van der Waals surface area contributed by atoms with Gasteiger partial charge in [-0.15, -0.1) is 12.4 Å². The van der Waals surface area contributed by atoms with Crippen molar-refractivity contribution in [2.75, 3.05) is 19.8 Å². The standard InChI is InChI=1S/C9H16FNO.ClH/c10-8-2-1-5-11-9(8)3-6-12-7-4-9;/h8,11H,1-7H2;1H. The molecule has 0 saturated carbocycles. The molecule has 0 radical (unpaired) electrons. The maximum atomic E-state index is 13.6. The van der Waals surface area contributed by atoms with E-state index in [1.165, 1.54) is 0 Å². The van der Waals surface area contributed by atoms with Gasteiger partial charge >= 0.3 is 0 Å². The average Bonchev–Trinajstić information content (AvgIpc) is 2.12. The van der Waals surface area contributed by atoms with Crippen LogP contribution in [-0.2, 0) is 4.74 Å². The number of hydrogen-bond donors (Lipinski definition) is 1. The third-order valence-electron chi connectivity index (χ3n) is 3.10. The summed E-state index contributed by atoms with van der Waals surface area (Å²) < 4.78 is 18.8. The van der Waals surface area contributed by atoms with E-state index in [1.807, 2.05) is 0 Å². The van der Waals surface area contributed by atoms with Crippen LogP contribution in [0, 0.1) is 0 Å². The van der Waals surface area contributed by atoms with Crippen LogP contribution in [0.3, 0.4) is 0 Å². The fraction of sp³-hybridized carbons (Fsp3) is 1.00. The largest absolute Gasteiger partial charge is 0.381 e. The first-order chi connectivity index (χ1) is 5.83. The van der Waals surface area contributed by atoms with E-state index in [0.717, 1.165) is 32.2 Å². The lowest BCUT2D eigenvalue weighted by atomic mass is 9.81. The maximum Gasteiger partial charge on any atom is 0.118 e. The number of halogens is 2. The fourth-order valence-corrected chi connectivity index (χ4v) is 2.23. The Morgan fingerprint density at radius 1 is 1.31 bits per heavy atom. The second kappa shape index (κ2) is 4.58. The molecule has 1 unspecified atom stereocenters. The van der Waals surface area contributed by atoms with Crippen LogP contribution in [0.4, 0.5) is 4.39 Å². The van der Waals surface area contributed by atoms with Gasteiger partial charge < -0.3 is 10.1 Å². The van der Waals surface area contributed by atoms with E-state index in [0.29, 0.717) is 13.2 Å². The molecule has 78 valence electrons. The first kappa shape index (κ1) is 11.2. The Labute approximate surface area is 84.6 Å². The van der Waals surface area contributed by atoms with Gasteiger partial charge in [-0.3, -0.25) is 0 Å². The van der Waals surface area contributed by atoms with Crippen molar-refractivity contribution in [3.63, 3.8) is 0 Å². The van der Waals surface area contributed by atoms with Crippen LogP contribution < -0.4 is 5.32 Å². The summed E-state index contributed by atoms with van der Waals surface area (Å²) in [6.07, 6.45) is 2.73. The monoisotopic (exact) mass is 209 g/mol. The lowest BCUT2D eigenvalue weighted by molar-refractivity contribution is -0.0126. The van der Waals surface area contributed by atoms with Gasteiger partial charge in [0.25, 0.3) is 0 Å². The van der Waals surface area contributed by atoms with E-state index in [2.05, 4.69) is 5.32 Å². The van der Waals surface area contributed by atoms with Crippen molar-refractivity contribution in [2.45, 2.75) is 37.4 Å². The molecule has 0 aliphatic carbocycles. The summed E-state index contributed by atoms with van der Waals surface area (Å²) in [7, 11) is 0. The van der Waals surface area contributed by atoms with E-state index < -0.39 is 6.17 Å². The molecular weight excluding hydrogens is 193 g/mol. The van der Waals surface area contributed by atoms with E-state index in [9.17, 15) is 4.39 Å². The second-order valence-electron chi connectivity index (χ2n) is 3.81. The zero-order valence-electron chi connectivity index (χ0n) is 7.72. The minimum Gasteiger partial charge on any atom is -0.381 e. The molecule has 2 nitrogen and oxygen atoms in total. The van der Waals surface area contributed by atoms with Crippen molar-refractivity contribution in [2.24, 2.45) is 0 Å². The quantitative estimate of drug-likeness (QED) is 0.656. The molecule has 2 heterocycles. The van der Waals surface area contributed by atoms with Crippen molar-refractivity contribution in [1.29, 1.82) is 0 Å². The lowest BCUT2D eigenvalue weighted by Gasteiger charge is -2.43. The molecule has 1 atom stereocenters. The topological polar surface area (TPSA) is 21.3 Å². The Balaban J connectivity index is 0.000000845. The molecule has 2 rings (SSSR count). The van der Waals surface area contributed by atoms with E-state index >= 15 is 0 Å². The highest BCUT2D eigenvalue weighted by Crippen LogP contribution is 2.31. The number of alkyl halides is 1. The van der Waals surface area contributed by atoms with Gasteiger partial charge in [0.2, 0.25) is 0 Å². The Morgan fingerprint density at radius 3 is 2.62 bits per heavy atom. The van der Waals surface area contributed by atoms with Gasteiger partial charge in [0.05, 0.1) is 5.54 Å². The third kappa shape index (κ3) is 2.14. The SMILES string of the molecule is Cl.FC1CCCNC12CCOCC2. The molecule has 4 heteroatoms. The Morgan fingerprint density at radius 2 is 2.00 bits per heavy atom. The normalized spacial score (nSPS) is 32.5. The summed E-state index contributed by atoms with van der Waals surface area (Å²) in [5, 5.41) is 3.33. The van der Waals surface area contributed by atoms with Gasteiger partial charge in [-0.2, -0.15) is 0 Å². The van der Waals surface area contributed by atoms with Crippen LogP contribution in [0.15, 0.2) is 0 Å². The zero-order chi connectivity index (χ0) is 8.44. The Bertz CT molecular complexity index is 153. The number of piperidine rings is 1. The van der Waals surface area contributed by atoms with Crippen molar-refractivity contribution in [1.82, 2.24) is 5.32 Å². The van der Waals surface area contributed by atoms with E-state index in [-0.39, 0.29) is 17.9 Å². The van der Waals surface area contributed by atoms with Gasteiger partial charge in [0.1, 0.15) is 6.17 Å². The Kier molecular flexibility index (Phi) is 3.95. The van der Waals surface area contributed by atoms with Crippen LogP contribution in [0.5, 0.6) is 0 Å². The van der Waals surface area contributed by atoms with Crippen LogP contribution in [0.1, 0.15) is 25.7 Å². The highest BCUT2D eigenvalue weighted by atomic mass is 35.5. The summed E-state index contributed by atoms with van der Waals surface area (Å²) in [5.41, 5.74) is -0.226. The molecule has 13 heavy (non-hydrogen) atoms. The summed E-state index contributed by atoms with van der Waals surface area (Å²) in [6, 6.07) is 0. The minimum atomic E-state index is -0.657. The smallest absolute Gasteiger partial charge is 0.118 e. The molecule has 0 aromatic rings. The minimum absolute atomic E-state index is 0. The highest BCUT2D eigenvalue weighted by molar-refractivity contribution is 5.85. The van der Waals surface area contributed by atoms with E-state index in [4.69, 9.17) is 4.74 Å². The molecule has 2 fully saturated rings. The molecule has 0 bridgehead atoms. The molecular formula is C9H17ClFNO. The van der Waals surface area contributed by atoms with Crippen molar-refractivity contribution < 1.29 is 9.13 Å². The molecule has 2 saturated heterocycles. The molecule has 0 aromatic carbocycles. The molecule has 1 spiro atoms. The zero-order valence-corrected chi connectivity index (χ0v) is 8.54. The van der Waals surface area contributed by atoms with Crippen molar-refractivity contribution in [3.05, 3.63) is 0 Å². The number of ether oxygens (including phenoxy) is 1. The molecule has 2 aliphatic heterocycles. The predicted molar refractivity (Wildman–Crippen MR) is 52.2 cm³/mol. The van der Waals surface area contributed by atoms with Crippen molar-refractivity contribution in [3.8, 4) is 0 Å². The first-order valence-electron chi connectivity index (χ1n) is 4.80. The van der Waals surface area contributed by atoms with Gasteiger partial charge in [-0.25, -0.2) is 4.39 Å². The number of nitrogens with one attached hydrogen (secondary N) is 1. The molecule has 1 N–H and O–H groups in total. The summed E-state index contributed by atoms with van der Waals surface area (Å²) in [4.78, 5) is 0. The maximum absolute atomic E-state index is 13.6. The van der Waals surface area contributed by atoms with Gasteiger partial charge in [-0.1, -0.05) is 0 Å². The Hall–Kier alpha value is 0.140. The van der Waals surface area contributed by atoms with Crippen LogP contribution in [-0.4, -0.2) is 31.5 Å². The predicted octanol–water partition coefficient (Wildman–Crippen LogP) is 1.68. The fourth-order valence-electron chi connectivity index (χ4n) is 2.23. The first-order valence-corrected chi connectivity index (χ1v) is 4.80. The van der Waals surface area contributed by atoms with E-state index in [1.54, 1.807) is 0 Å². The summed E-state index contributed by atoms with van der Waals surface area (Å²) in [5.74, 6) is 0. The highest BCUT2D eigenvalue weighted by Gasteiger charge is 2.41. The molecule has 2 aliphatic rings. The van der Waals surface area contributed by atoms with Gasteiger partial charge in [0, 0.05) is 13.2 Å². The molecule has 0 aromatic heterocycles. The van der Waals surface area contributed by atoms with Crippen molar-refractivity contribution >= 4 is 12.4 Å². The summed E-state index contributed by atoms with van der Waals surface area (Å²) >= 11 is 0. The van der Waals surface area contributed by atoms with Crippen LogP contribution >= 0.6 is 12.4 Å². The van der Waals surface area contributed by atoms with Crippen LogP contribution in [0.2, 0.25) is 0 Å². The van der Waals surface area contributed by atoms with Crippen LogP contribution in [0.25, 0.3) is 0 Å². The summed E-state index contributed by atoms with van der Waals surface area (Å²) in [6.45, 7) is 2.40. The second-order valence-corrected chi connectivity index (χ2v) is 3.81. The van der Waals surface area contributed by atoms with Gasteiger partial charge in [-0.05, 0) is 32.2 Å². The third-order valence-corrected chi connectivity index (χ3v) is 3.10. The molecule has 0 amide bonds.